The number of para-hydroxylation sites is 3. The van der Waals surface area contributed by atoms with Gasteiger partial charge in [0.25, 0.3) is 5.91 Å². The molecule has 2 aromatic carbocycles. The van der Waals surface area contributed by atoms with E-state index in [-0.39, 0.29) is 11.7 Å². The molecule has 2 heterocycles. The third-order valence-electron chi connectivity index (χ3n) is 5.84. The number of nitrogens with one attached hydrogen (secondary N) is 3. The molecule has 3 aromatic rings. The summed E-state index contributed by atoms with van der Waals surface area (Å²) in [4.78, 5) is 26.2. The van der Waals surface area contributed by atoms with Crippen molar-refractivity contribution in [1.29, 1.82) is 5.26 Å². The van der Waals surface area contributed by atoms with Gasteiger partial charge in [-0.05, 0) is 49.7 Å². The number of carbonyl (C=O) groups is 2. The van der Waals surface area contributed by atoms with Crippen LogP contribution in [0.5, 0.6) is 5.75 Å². The zero-order valence-corrected chi connectivity index (χ0v) is 21.4. The van der Waals surface area contributed by atoms with Crippen molar-refractivity contribution in [1.82, 2.24) is 5.32 Å². The second-order valence-electron chi connectivity index (χ2n) is 8.27. The van der Waals surface area contributed by atoms with E-state index in [2.05, 4.69) is 22.0 Å². The van der Waals surface area contributed by atoms with Crippen molar-refractivity contribution in [2.75, 3.05) is 23.5 Å². The first-order chi connectivity index (χ1) is 17.9. The minimum absolute atomic E-state index is 0.0722. The molecule has 0 unspecified atom stereocenters. The third-order valence-corrected chi connectivity index (χ3v) is 6.86. The highest BCUT2D eigenvalue weighted by Gasteiger charge is 2.36. The van der Waals surface area contributed by atoms with Gasteiger partial charge < -0.3 is 25.1 Å². The number of carbonyl (C=O) groups excluding carboxylic acids is 2. The molecule has 3 N–H and O–H groups in total. The van der Waals surface area contributed by atoms with E-state index >= 15 is 0 Å². The Kier molecular flexibility index (Phi) is 8.01. The number of rotatable bonds is 8. The van der Waals surface area contributed by atoms with Crippen molar-refractivity contribution in [3.05, 3.63) is 100 Å². The topological polar surface area (TPSA) is 116 Å². The van der Waals surface area contributed by atoms with E-state index in [1.54, 1.807) is 37.3 Å². The number of dihydropyridines is 1. The predicted molar refractivity (Wildman–Crippen MR) is 144 cm³/mol. The zero-order chi connectivity index (χ0) is 26.4. The van der Waals surface area contributed by atoms with Gasteiger partial charge in [-0.3, -0.25) is 9.59 Å². The average Bonchev–Trinajstić information content (AvgIpc) is 3.43. The minimum Gasteiger partial charge on any atom is -0.495 e. The summed E-state index contributed by atoms with van der Waals surface area (Å²) in [6.07, 6.45) is 1.50. The van der Waals surface area contributed by atoms with Gasteiger partial charge in [-0.15, -0.1) is 0 Å². The fraction of sp³-hybridized carbons (Fsp3) is 0.179. The normalized spacial score (nSPS) is 15.0. The van der Waals surface area contributed by atoms with Gasteiger partial charge in [0.2, 0.25) is 5.91 Å². The quantitative estimate of drug-likeness (QED) is 0.373. The fourth-order valence-corrected chi connectivity index (χ4v) is 4.93. The third kappa shape index (κ3) is 5.71. The molecule has 1 aromatic heterocycles. The molecule has 2 amide bonds. The molecular weight excluding hydrogens is 488 g/mol. The van der Waals surface area contributed by atoms with Gasteiger partial charge in [0, 0.05) is 11.4 Å². The molecule has 0 radical (unpaired) electrons. The van der Waals surface area contributed by atoms with Crippen molar-refractivity contribution >= 4 is 35.0 Å². The summed E-state index contributed by atoms with van der Waals surface area (Å²) in [6.45, 7) is 3.68. The highest BCUT2D eigenvalue weighted by atomic mass is 32.2. The molecule has 1 atom stereocenters. The van der Waals surface area contributed by atoms with E-state index in [9.17, 15) is 14.9 Å². The van der Waals surface area contributed by atoms with Crippen molar-refractivity contribution in [2.24, 2.45) is 0 Å². The number of allylic oxidation sites excluding steroid dienone is 2. The van der Waals surface area contributed by atoms with Crippen LogP contribution >= 0.6 is 11.8 Å². The lowest BCUT2D eigenvalue weighted by Crippen LogP contribution is -2.31. The maximum absolute atomic E-state index is 13.5. The van der Waals surface area contributed by atoms with E-state index in [4.69, 9.17) is 9.15 Å². The van der Waals surface area contributed by atoms with Crippen LogP contribution in [0.2, 0.25) is 0 Å². The fourth-order valence-electron chi connectivity index (χ4n) is 4.04. The molecular formula is C28H26N4O4S. The number of ether oxygens (including phenoxy) is 1. The number of thioether (sulfide) groups is 1. The van der Waals surface area contributed by atoms with Crippen LogP contribution in [-0.4, -0.2) is 24.7 Å². The van der Waals surface area contributed by atoms with Gasteiger partial charge in [0.1, 0.15) is 11.5 Å². The van der Waals surface area contributed by atoms with Gasteiger partial charge >= 0.3 is 0 Å². The van der Waals surface area contributed by atoms with Crippen LogP contribution in [0.25, 0.3) is 0 Å². The highest BCUT2D eigenvalue weighted by Crippen LogP contribution is 2.41. The van der Waals surface area contributed by atoms with E-state index in [0.717, 1.165) is 11.3 Å². The number of hydrogen-bond acceptors (Lipinski definition) is 7. The SMILES string of the molecule is COc1ccccc1NC(=O)C1=C(C)NC(SCC(=O)Nc2ccccc2C)=C(C#N)[C@@H]1c1ccco1. The first-order valence-electron chi connectivity index (χ1n) is 11.5. The molecule has 0 saturated carbocycles. The largest absolute Gasteiger partial charge is 0.495 e. The number of nitriles is 1. The predicted octanol–water partition coefficient (Wildman–Crippen LogP) is 5.30. The van der Waals surface area contributed by atoms with E-state index in [1.165, 1.54) is 25.1 Å². The Morgan fingerprint density at radius 3 is 2.46 bits per heavy atom. The minimum atomic E-state index is -0.752. The van der Waals surface area contributed by atoms with E-state index in [1.807, 2.05) is 37.3 Å². The molecule has 0 bridgehead atoms. The summed E-state index contributed by atoms with van der Waals surface area (Å²) >= 11 is 1.20. The number of methoxy groups -OCH3 is 1. The molecule has 0 saturated heterocycles. The second-order valence-corrected chi connectivity index (χ2v) is 9.26. The van der Waals surface area contributed by atoms with Crippen molar-refractivity contribution < 1.29 is 18.7 Å². The number of furan rings is 1. The Morgan fingerprint density at radius 1 is 1.05 bits per heavy atom. The van der Waals surface area contributed by atoms with Crippen LogP contribution in [0.1, 0.15) is 24.2 Å². The molecule has 1 aliphatic heterocycles. The number of amides is 2. The van der Waals surface area contributed by atoms with Gasteiger partial charge in [-0.1, -0.05) is 42.1 Å². The molecule has 0 spiro atoms. The molecule has 0 aliphatic carbocycles. The first kappa shape index (κ1) is 25.7. The smallest absolute Gasteiger partial charge is 0.254 e. The summed E-state index contributed by atoms with van der Waals surface area (Å²) in [5.74, 6) is -0.322. The molecule has 37 heavy (non-hydrogen) atoms. The maximum atomic E-state index is 13.5. The van der Waals surface area contributed by atoms with Crippen LogP contribution in [0, 0.1) is 18.3 Å². The Bertz CT molecular complexity index is 1420. The molecule has 1 aliphatic rings. The lowest BCUT2D eigenvalue weighted by molar-refractivity contribution is -0.114. The summed E-state index contributed by atoms with van der Waals surface area (Å²) < 4.78 is 11.0. The Balaban J connectivity index is 1.60. The van der Waals surface area contributed by atoms with Gasteiger partial charge in [-0.25, -0.2) is 0 Å². The highest BCUT2D eigenvalue weighted by molar-refractivity contribution is 8.03. The number of nitrogens with zero attached hydrogens (tertiary/aromatic N) is 1. The van der Waals surface area contributed by atoms with E-state index < -0.39 is 11.8 Å². The zero-order valence-electron chi connectivity index (χ0n) is 20.6. The molecule has 188 valence electrons. The summed E-state index contributed by atoms with van der Waals surface area (Å²) in [6, 6.07) is 20.3. The molecule has 0 fully saturated rings. The molecule has 4 rings (SSSR count). The van der Waals surface area contributed by atoms with Crippen molar-refractivity contribution in [3.63, 3.8) is 0 Å². The van der Waals surface area contributed by atoms with Gasteiger partial charge in [0.15, 0.2) is 0 Å². The summed E-state index contributed by atoms with van der Waals surface area (Å²) in [5, 5.41) is 19.6. The van der Waals surface area contributed by atoms with Crippen LogP contribution in [-0.2, 0) is 9.59 Å². The van der Waals surface area contributed by atoms with Crippen LogP contribution in [0.15, 0.2) is 93.2 Å². The summed E-state index contributed by atoms with van der Waals surface area (Å²) in [5.41, 5.74) is 3.37. The van der Waals surface area contributed by atoms with Gasteiger partial charge in [-0.2, -0.15) is 5.26 Å². The lowest BCUT2D eigenvalue weighted by Gasteiger charge is -2.28. The first-order valence-corrected chi connectivity index (χ1v) is 12.5. The number of benzene rings is 2. The average molecular weight is 515 g/mol. The molecule has 8 nitrogen and oxygen atoms in total. The van der Waals surface area contributed by atoms with Crippen molar-refractivity contribution in [2.45, 2.75) is 19.8 Å². The summed E-state index contributed by atoms with van der Waals surface area (Å²) in [7, 11) is 1.53. The monoisotopic (exact) mass is 514 g/mol. The van der Waals surface area contributed by atoms with E-state index in [0.29, 0.717) is 39.1 Å². The lowest BCUT2D eigenvalue weighted by atomic mass is 9.85. The number of aryl methyl sites for hydroxylation is 1. The standard InChI is InChI=1S/C28H26N4O4S/c1-17-9-4-5-10-20(17)31-24(33)16-37-28-19(15-29)26(23-13-8-14-36-23)25(18(2)30-28)27(34)32-21-11-6-7-12-22(21)35-3/h4-14,26,30H,16H2,1-3H3,(H,31,33)(H,32,34)/t26-/m1/s1. The molecule has 9 heteroatoms. The maximum Gasteiger partial charge on any atom is 0.254 e. The number of hydrogen-bond donors (Lipinski definition) is 3. The Labute approximate surface area is 219 Å². The Morgan fingerprint density at radius 2 is 1.78 bits per heavy atom. The van der Waals surface area contributed by atoms with Crippen LogP contribution in [0.3, 0.4) is 0 Å². The van der Waals surface area contributed by atoms with Crippen molar-refractivity contribution in [3.8, 4) is 11.8 Å². The van der Waals surface area contributed by atoms with Crippen LogP contribution < -0.4 is 20.7 Å². The number of anilines is 2. The Hall–Kier alpha value is -4.42. The van der Waals surface area contributed by atoms with Crippen LogP contribution in [0.4, 0.5) is 11.4 Å². The van der Waals surface area contributed by atoms with Gasteiger partial charge in [0.05, 0.1) is 53.0 Å². The second kappa shape index (κ2) is 11.5.